The Morgan fingerprint density at radius 1 is 0.926 bits per heavy atom. The average Bonchev–Trinajstić information content (AvgIpc) is 2.63. The summed E-state index contributed by atoms with van der Waals surface area (Å²) >= 11 is 0. The maximum absolute atomic E-state index is 12.4. The number of hydrogen-bond acceptors (Lipinski definition) is 4. The van der Waals surface area contributed by atoms with Gasteiger partial charge in [-0.3, -0.25) is 19.3 Å². The summed E-state index contributed by atoms with van der Waals surface area (Å²) in [5, 5.41) is 5.61. The lowest BCUT2D eigenvalue weighted by atomic mass is 10.1. The highest BCUT2D eigenvalue weighted by Gasteiger charge is 2.20. The lowest BCUT2D eigenvalue weighted by Crippen LogP contribution is -2.43. The summed E-state index contributed by atoms with van der Waals surface area (Å²) in [6, 6.07) is 13.7. The second kappa shape index (κ2) is 9.09. The maximum atomic E-state index is 12.4. The first-order chi connectivity index (χ1) is 12.8. The minimum atomic E-state index is -0.499. The molecule has 2 rings (SSSR count). The monoisotopic (exact) mass is 367 g/mol. The highest BCUT2D eigenvalue weighted by atomic mass is 16.2. The van der Waals surface area contributed by atoms with Crippen molar-refractivity contribution < 1.29 is 14.4 Å². The largest absolute Gasteiger partial charge is 0.325 e. The van der Waals surface area contributed by atoms with E-state index in [0.29, 0.717) is 11.3 Å². The first-order valence-electron chi connectivity index (χ1n) is 8.75. The zero-order chi connectivity index (χ0) is 20.0. The molecule has 0 saturated heterocycles. The van der Waals surface area contributed by atoms with Crippen molar-refractivity contribution >= 4 is 29.0 Å². The van der Waals surface area contributed by atoms with E-state index in [1.165, 1.54) is 6.92 Å². The summed E-state index contributed by atoms with van der Waals surface area (Å²) in [6.07, 6.45) is 0. The van der Waals surface area contributed by atoms with Gasteiger partial charge in [0.25, 0.3) is 0 Å². The molecule has 1 atom stereocenters. The number of likely N-dealkylation sites (N-methyl/N-ethyl adjacent to an activating group) is 1. The van der Waals surface area contributed by atoms with E-state index in [0.717, 1.165) is 11.3 Å². The van der Waals surface area contributed by atoms with Crippen LogP contribution in [0.1, 0.15) is 29.8 Å². The zero-order valence-electron chi connectivity index (χ0n) is 16.1. The van der Waals surface area contributed by atoms with Crippen LogP contribution < -0.4 is 10.6 Å². The topological polar surface area (TPSA) is 78.5 Å². The number of hydrogen-bond donors (Lipinski definition) is 2. The molecule has 6 nitrogen and oxygen atoms in total. The standard InChI is InChI=1S/C21H25N3O3/c1-14-5-9-18(10-6-14)22-20(26)13-24(4)15(2)21(27)23-19-11-7-17(8-12-19)16(3)25/h5-12,15H,13H2,1-4H3,(H,22,26)(H,23,27). The number of amides is 2. The van der Waals surface area contributed by atoms with Crippen LogP contribution in [0.5, 0.6) is 0 Å². The minimum Gasteiger partial charge on any atom is -0.325 e. The maximum Gasteiger partial charge on any atom is 0.241 e. The molecule has 2 amide bonds. The Balaban J connectivity index is 1.88. The van der Waals surface area contributed by atoms with Gasteiger partial charge in [0.1, 0.15) is 0 Å². The molecule has 0 aliphatic carbocycles. The van der Waals surface area contributed by atoms with Crippen molar-refractivity contribution in [1.82, 2.24) is 4.90 Å². The second-order valence-electron chi connectivity index (χ2n) is 6.63. The molecule has 0 aromatic heterocycles. The molecule has 142 valence electrons. The van der Waals surface area contributed by atoms with Crippen molar-refractivity contribution in [2.24, 2.45) is 0 Å². The normalized spacial score (nSPS) is 11.7. The van der Waals surface area contributed by atoms with Gasteiger partial charge in [-0.15, -0.1) is 0 Å². The van der Waals surface area contributed by atoms with Crippen LogP contribution in [0, 0.1) is 6.92 Å². The van der Waals surface area contributed by atoms with E-state index in [4.69, 9.17) is 0 Å². The molecule has 0 radical (unpaired) electrons. The van der Waals surface area contributed by atoms with Crippen molar-refractivity contribution in [1.29, 1.82) is 0 Å². The second-order valence-corrected chi connectivity index (χ2v) is 6.63. The molecule has 0 fully saturated rings. The molecule has 2 aromatic carbocycles. The van der Waals surface area contributed by atoms with E-state index >= 15 is 0 Å². The van der Waals surface area contributed by atoms with Crippen LogP contribution in [0.2, 0.25) is 0 Å². The van der Waals surface area contributed by atoms with Crippen LogP contribution in [-0.2, 0) is 9.59 Å². The van der Waals surface area contributed by atoms with E-state index in [2.05, 4.69) is 10.6 Å². The Morgan fingerprint density at radius 3 is 2.00 bits per heavy atom. The number of carbonyl (C=O) groups is 3. The number of nitrogens with one attached hydrogen (secondary N) is 2. The fourth-order valence-corrected chi connectivity index (χ4v) is 2.44. The molecule has 0 saturated carbocycles. The van der Waals surface area contributed by atoms with Gasteiger partial charge >= 0.3 is 0 Å². The molecule has 27 heavy (non-hydrogen) atoms. The molecular weight excluding hydrogens is 342 g/mol. The Hall–Kier alpha value is -2.99. The lowest BCUT2D eigenvalue weighted by molar-refractivity contribution is -0.122. The number of carbonyl (C=O) groups excluding carboxylic acids is 3. The first-order valence-corrected chi connectivity index (χ1v) is 8.75. The van der Waals surface area contributed by atoms with E-state index in [1.807, 2.05) is 31.2 Å². The molecule has 0 bridgehead atoms. The summed E-state index contributed by atoms with van der Waals surface area (Å²) in [6.45, 7) is 5.30. The van der Waals surface area contributed by atoms with Gasteiger partial charge in [-0.1, -0.05) is 17.7 Å². The van der Waals surface area contributed by atoms with Gasteiger partial charge in [-0.25, -0.2) is 0 Å². The van der Waals surface area contributed by atoms with Gasteiger partial charge in [0.2, 0.25) is 11.8 Å². The summed E-state index contributed by atoms with van der Waals surface area (Å²) in [7, 11) is 1.72. The minimum absolute atomic E-state index is 0.0273. The molecule has 2 N–H and O–H groups in total. The van der Waals surface area contributed by atoms with Gasteiger partial charge in [0.15, 0.2) is 5.78 Å². The lowest BCUT2D eigenvalue weighted by Gasteiger charge is -2.23. The van der Waals surface area contributed by atoms with Crippen LogP contribution in [-0.4, -0.2) is 42.1 Å². The molecule has 0 spiro atoms. The van der Waals surface area contributed by atoms with Gasteiger partial charge in [-0.2, -0.15) is 0 Å². The number of ketones is 1. The van der Waals surface area contributed by atoms with Gasteiger partial charge < -0.3 is 10.6 Å². The van der Waals surface area contributed by atoms with Crippen LogP contribution in [0.25, 0.3) is 0 Å². The molecule has 0 aliphatic rings. The highest BCUT2D eigenvalue weighted by Crippen LogP contribution is 2.12. The van der Waals surface area contributed by atoms with Crippen molar-refractivity contribution in [3.63, 3.8) is 0 Å². The Labute approximate surface area is 159 Å². The van der Waals surface area contributed by atoms with Crippen molar-refractivity contribution in [2.75, 3.05) is 24.2 Å². The molecule has 2 aromatic rings. The molecule has 6 heteroatoms. The molecular formula is C21H25N3O3. The van der Waals surface area contributed by atoms with Crippen molar-refractivity contribution in [3.8, 4) is 0 Å². The summed E-state index contributed by atoms with van der Waals surface area (Å²) in [5.74, 6) is -0.441. The Kier molecular flexibility index (Phi) is 6.85. The van der Waals surface area contributed by atoms with Crippen LogP contribution >= 0.6 is 0 Å². The van der Waals surface area contributed by atoms with E-state index in [9.17, 15) is 14.4 Å². The third-order valence-electron chi connectivity index (χ3n) is 4.33. The average molecular weight is 367 g/mol. The molecule has 1 unspecified atom stereocenters. The fourth-order valence-electron chi connectivity index (χ4n) is 2.44. The third kappa shape index (κ3) is 6.04. The number of aryl methyl sites for hydroxylation is 1. The van der Waals surface area contributed by atoms with Crippen molar-refractivity contribution in [3.05, 3.63) is 59.7 Å². The summed E-state index contributed by atoms with van der Waals surface area (Å²) in [4.78, 5) is 37.5. The number of anilines is 2. The number of Topliss-reactive ketones (excluding diaryl/α,β-unsaturated/α-hetero) is 1. The predicted molar refractivity (Wildman–Crippen MR) is 107 cm³/mol. The highest BCUT2D eigenvalue weighted by molar-refractivity contribution is 5.97. The number of rotatable bonds is 7. The van der Waals surface area contributed by atoms with Crippen molar-refractivity contribution in [2.45, 2.75) is 26.8 Å². The van der Waals surface area contributed by atoms with E-state index < -0.39 is 6.04 Å². The first kappa shape index (κ1) is 20.3. The SMILES string of the molecule is CC(=O)c1ccc(NC(=O)C(C)N(C)CC(=O)Nc2ccc(C)cc2)cc1. The summed E-state index contributed by atoms with van der Waals surface area (Å²) in [5.41, 5.74) is 3.04. The number of benzene rings is 2. The van der Waals surface area contributed by atoms with E-state index in [1.54, 1.807) is 43.1 Å². The predicted octanol–water partition coefficient (Wildman–Crippen LogP) is 3.10. The Morgan fingerprint density at radius 2 is 1.44 bits per heavy atom. The van der Waals surface area contributed by atoms with Crippen LogP contribution in [0.4, 0.5) is 11.4 Å². The van der Waals surface area contributed by atoms with Gasteiger partial charge in [0.05, 0.1) is 12.6 Å². The molecule has 0 aliphatic heterocycles. The smallest absolute Gasteiger partial charge is 0.241 e. The van der Waals surface area contributed by atoms with Gasteiger partial charge in [0, 0.05) is 16.9 Å². The van der Waals surface area contributed by atoms with Crippen LogP contribution in [0.3, 0.4) is 0 Å². The van der Waals surface area contributed by atoms with E-state index in [-0.39, 0.29) is 24.1 Å². The quantitative estimate of drug-likeness (QED) is 0.737. The number of nitrogens with zero attached hydrogens (tertiary/aromatic N) is 1. The van der Waals surface area contributed by atoms with Gasteiger partial charge in [-0.05, 0) is 64.2 Å². The fraction of sp³-hybridized carbons (Fsp3) is 0.286. The zero-order valence-corrected chi connectivity index (χ0v) is 16.1. The van der Waals surface area contributed by atoms with Crippen LogP contribution in [0.15, 0.2) is 48.5 Å². The third-order valence-corrected chi connectivity index (χ3v) is 4.33. The Bertz CT molecular complexity index is 814. The summed E-state index contributed by atoms with van der Waals surface area (Å²) < 4.78 is 0. The molecule has 0 heterocycles.